The summed E-state index contributed by atoms with van der Waals surface area (Å²) in [6.45, 7) is 1.75. The number of carbonyl (C=O) groups is 2. The van der Waals surface area contributed by atoms with Crippen molar-refractivity contribution in [1.29, 1.82) is 0 Å². The van der Waals surface area contributed by atoms with Crippen molar-refractivity contribution in [1.82, 2.24) is 0 Å². The van der Waals surface area contributed by atoms with Crippen molar-refractivity contribution >= 4 is 17.3 Å². The van der Waals surface area contributed by atoms with Gasteiger partial charge in [0, 0.05) is 31.2 Å². The van der Waals surface area contributed by atoms with Crippen molar-refractivity contribution in [3.8, 4) is 0 Å². The highest BCUT2D eigenvalue weighted by Crippen LogP contribution is 2.17. The second kappa shape index (κ2) is 6.75. The smallest absolute Gasteiger partial charge is 0.270 e. The number of ketones is 2. The van der Waals surface area contributed by atoms with Gasteiger partial charge in [0.25, 0.3) is 5.69 Å². The van der Waals surface area contributed by atoms with E-state index >= 15 is 0 Å². The zero-order valence-electron chi connectivity index (χ0n) is 10.8. The number of nitro groups is 1. The third-order valence-electron chi connectivity index (χ3n) is 2.77. The lowest BCUT2D eigenvalue weighted by molar-refractivity contribution is -0.384. The molecule has 0 aromatic heterocycles. The van der Waals surface area contributed by atoms with Crippen molar-refractivity contribution < 1.29 is 19.2 Å². The Kier molecular flexibility index (Phi) is 5.32. The molecule has 6 heteroatoms. The van der Waals surface area contributed by atoms with Crippen molar-refractivity contribution in [2.45, 2.75) is 13.3 Å². The Morgan fingerprint density at radius 2 is 2.11 bits per heavy atom. The first kappa shape index (κ1) is 15.0. The van der Waals surface area contributed by atoms with E-state index in [1.165, 1.54) is 38.3 Å². The van der Waals surface area contributed by atoms with Crippen LogP contribution in [-0.2, 0) is 9.53 Å². The van der Waals surface area contributed by atoms with Gasteiger partial charge in [-0.1, -0.05) is 12.1 Å². The molecule has 0 heterocycles. The Morgan fingerprint density at radius 1 is 1.42 bits per heavy atom. The van der Waals surface area contributed by atoms with E-state index in [0.29, 0.717) is 0 Å². The average Bonchev–Trinajstić information content (AvgIpc) is 2.43. The molecule has 1 atom stereocenters. The summed E-state index contributed by atoms with van der Waals surface area (Å²) in [4.78, 5) is 33.8. The summed E-state index contributed by atoms with van der Waals surface area (Å²) in [6.07, 6.45) is 0.151. The van der Waals surface area contributed by atoms with E-state index in [1.54, 1.807) is 0 Å². The normalized spacial score (nSPS) is 11.9. The molecule has 19 heavy (non-hydrogen) atoms. The van der Waals surface area contributed by atoms with Crippen LogP contribution >= 0.6 is 0 Å². The molecule has 0 saturated heterocycles. The van der Waals surface area contributed by atoms with Crippen LogP contribution in [0.2, 0.25) is 0 Å². The fourth-order valence-corrected chi connectivity index (χ4v) is 1.59. The molecule has 0 saturated carbocycles. The van der Waals surface area contributed by atoms with E-state index in [0.717, 1.165) is 0 Å². The Morgan fingerprint density at radius 3 is 2.68 bits per heavy atom. The largest absolute Gasteiger partial charge is 0.384 e. The van der Waals surface area contributed by atoms with Gasteiger partial charge in [0.2, 0.25) is 0 Å². The van der Waals surface area contributed by atoms with Crippen LogP contribution in [-0.4, -0.2) is 30.2 Å². The monoisotopic (exact) mass is 265 g/mol. The van der Waals surface area contributed by atoms with Gasteiger partial charge in [-0.25, -0.2) is 0 Å². The third kappa shape index (κ3) is 3.96. The highest BCUT2D eigenvalue weighted by molar-refractivity contribution is 6.10. The topological polar surface area (TPSA) is 86.5 Å². The average molecular weight is 265 g/mol. The second-order valence-electron chi connectivity index (χ2n) is 4.10. The molecule has 0 radical (unpaired) electrons. The zero-order valence-corrected chi connectivity index (χ0v) is 10.8. The summed E-state index contributed by atoms with van der Waals surface area (Å²) >= 11 is 0. The number of methoxy groups -OCH3 is 1. The molecule has 1 aromatic carbocycles. The maximum atomic E-state index is 12.0. The first-order valence-electron chi connectivity index (χ1n) is 5.77. The van der Waals surface area contributed by atoms with E-state index in [-0.39, 0.29) is 30.1 Å². The Labute approximate surface area is 110 Å². The summed E-state index contributed by atoms with van der Waals surface area (Å²) < 4.78 is 4.78. The molecule has 0 fully saturated rings. The van der Waals surface area contributed by atoms with E-state index in [2.05, 4.69) is 0 Å². The maximum Gasteiger partial charge on any atom is 0.270 e. The van der Waals surface area contributed by atoms with Gasteiger partial charge in [0.15, 0.2) is 5.78 Å². The Bertz CT molecular complexity index is 498. The van der Waals surface area contributed by atoms with Gasteiger partial charge in [0.05, 0.1) is 17.4 Å². The molecule has 6 nitrogen and oxygen atoms in total. The predicted molar refractivity (Wildman–Crippen MR) is 68.1 cm³/mol. The number of Topliss-reactive ketones (excluding diaryl/α,β-unsaturated/α-hetero) is 2. The summed E-state index contributed by atoms with van der Waals surface area (Å²) in [5.41, 5.74) is 0.00913. The van der Waals surface area contributed by atoms with Crippen LogP contribution in [0.4, 0.5) is 5.69 Å². The molecule has 1 rings (SSSR count). The fraction of sp³-hybridized carbons (Fsp3) is 0.385. The molecule has 0 aliphatic carbocycles. The van der Waals surface area contributed by atoms with Gasteiger partial charge in [-0.3, -0.25) is 19.7 Å². The quantitative estimate of drug-likeness (QED) is 0.326. The molecule has 0 amide bonds. The van der Waals surface area contributed by atoms with Crippen LogP contribution in [0, 0.1) is 16.0 Å². The number of benzene rings is 1. The highest BCUT2D eigenvalue weighted by Gasteiger charge is 2.23. The minimum Gasteiger partial charge on any atom is -0.384 e. The summed E-state index contributed by atoms with van der Waals surface area (Å²) in [5.74, 6) is -1.47. The van der Waals surface area contributed by atoms with Gasteiger partial charge >= 0.3 is 0 Å². The van der Waals surface area contributed by atoms with E-state index in [1.807, 2.05) is 0 Å². The van der Waals surface area contributed by atoms with E-state index in [9.17, 15) is 19.7 Å². The molecule has 102 valence electrons. The number of hydrogen-bond donors (Lipinski definition) is 0. The number of ether oxygens (including phenoxy) is 1. The molecule has 0 N–H and O–H groups in total. The number of non-ortho nitro benzene ring substituents is 1. The van der Waals surface area contributed by atoms with Crippen LogP contribution in [0.5, 0.6) is 0 Å². The molecular formula is C13H15NO5. The summed E-state index contributed by atoms with van der Waals surface area (Å²) in [7, 11) is 1.47. The molecule has 0 aliphatic rings. The third-order valence-corrected chi connectivity index (χ3v) is 2.77. The van der Waals surface area contributed by atoms with Crippen molar-refractivity contribution in [2.24, 2.45) is 5.92 Å². The van der Waals surface area contributed by atoms with Gasteiger partial charge in [-0.15, -0.1) is 0 Å². The Balaban J connectivity index is 2.85. The number of rotatable bonds is 7. The SMILES string of the molecule is COCCC(=O)C(C)C(=O)c1cccc([N+](=O)[O-])c1. The van der Waals surface area contributed by atoms with Crippen LogP contribution in [0.1, 0.15) is 23.7 Å². The van der Waals surface area contributed by atoms with Gasteiger partial charge in [0.1, 0.15) is 5.78 Å². The van der Waals surface area contributed by atoms with Crippen molar-refractivity contribution in [3.05, 3.63) is 39.9 Å². The number of hydrogen-bond acceptors (Lipinski definition) is 5. The fourth-order valence-electron chi connectivity index (χ4n) is 1.59. The maximum absolute atomic E-state index is 12.0. The standard InChI is InChI=1S/C13H15NO5/c1-9(12(15)6-7-19-2)13(16)10-4-3-5-11(8-10)14(17)18/h3-5,8-9H,6-7H2,1-2H3. The second-order valence-corrected chi connectivity index (χ2v) is 4.10. The molecule has 0 spiro atoms. The molecule has 0 bridgehead atoms. The summed E-state index contributed by atoms with van der Waals surface area (Å²) in [5, 5.41) is 10.6. The van der Waals surface area contributed by atoms with Crippen LogP contribution in [0.25, 0.3) is 0 Å². The first-order valence-corrected chi connectivity index (χ1v) is 5.77. The Hall–Kier alpha value is -2.08. The number of nitrogens with zero attached hydrogens (tertiary/aromatic N) is 1. The van der Waals surface area contributed by atoms with Crippen LogP contribution < -0.4 is 0 Å². The lowest BCUT2D eigenvalue weighted by Gasteiger charge is -2.09. The van der Waals surface area contributed by atoms with Crippen LogP contribution in [0.3, 0.4) is 0 Å². The lowest BCUT2D eigenvalue weighted by Crippen LogP contribution is -2.22. The van der Waals surface area contributed by atoms with Gasteiger partial charge < -0.3 is 4.74 Å². The predicted octanol–water partition coefficient (Wildman–Crippen LogP) is 2.02. The first-order chi connectivity index (χ1) is 8.97. The van der Waals surface area contributed by atoms with E-state index < -0.39 is 16.6 Å². The van der Waals surface area contributed by atoms with E-state index in [4.69, 9.17) is 4.74 Å². The zero-order chi connectivity index (χ0) is 14.4. The summed E-state index contributed by atoms with van der Waals surface area (Å²) in [6, 6.07) is 5.38. The molecule has 1 aromatic rings. The minimum absolute atomic E-state index is 0.151. The van der Waals surface area contributed by atoms with Crippen LogP contribution in [0.15, 0.2) is 24.3 Å². The lowest BCUT2D eigenvalue weighted by atomic mass is 9.94. The minimum atomic E-state index is -0.822. The highest BCUT2D eigenvalue weighted by atomic mass is 16.6. The van der Waals surface area contributed by atoms with Crippen molar-refractivity contribution in [3.63, 3.8) is 0 Å². The van der Waals surface area contributed by atoms with Gasteiger partial charge in [-0.2, -0.15) is 0 Å². The molecule has 0 aliphatic heterocycles. The number of carbonyl (C=O) groups excluding carboxylic acids is 2. The number of nitro benzene ring substituents is 1. The molecule has 1 unspecified atom stereocenters. The van der Waals surface area contributed by atoms with Gasteiger partial charge in [-0.05, 0) is 6.92 Å². The van der Waals surface area contributed by atoms with Crippen molar-refractivity contribution in [2.75, 3.05) is 13.7 Å². The molecular weight excluding hydrogens is 250 g/mol.